The van der Waals surface area contributed by atoms with E-state index in [1.165, 1.54) is 5.56 Å². The van der Waals surface area contributed by atoms with Crippen molar-refractivity contribution in [1.82, 2.24) is 9.21 Å². The van der Waals surface area contributed by atoms with Gasteiger partial charge in [-0.2, -0.15) is 4.31 Å². The molecule has 1 aliphatic heterocycles. The first-order valence-electron chi connectivity index (χ1n) is 10.3. The van der Waals surface area contributed by atoms with E-state index in [1.54, 1.807) is 4.31 Å². The lowest BCUT2D eigenvalue weighted by atomic mass is 10.0. The van der Waals surface area contributed by atoms with Crippen molar-refractivity contribution in [1.29, 1.82) is 0 Å². The lowest BCUT2D eigenvalue weighted by molar-refractivity contribution is 0.181. The molecule has 5 rings (SSSR count). The molecule has 0 spiro atoms. The van der Waals surface area contributed by atoms with E-state index in [4.69, 9.17) is 0 Å². The molecule has 0 atom stereocenters. The monoisotopic (exact) mass is 416 g/mol. The molecule has 0 N–H and O–H groups in total. The molecule has 152 valence electrons. The zero-order valence-electron chi connectivity index (χ0n) is 16.7. The average molecular weight is 417 g/mol. The van der Waals surface area contributed by atoms with E-state index in [2.05, 4.69) is 23.1 Å². The standard InChI is InChI=1S/C25H24N2O2S/c28-30(29,27-16-14-26(15-17-27)19-20-8-2-1-3-9-20)25-23-12-6-4-10-21(23)18-22-11-5-7-13-24(22)25/h1-13,18H,14-17,19H2. The molecule has 1 aliphatic rings. The highest BCUT2D eigenvalue weighted by Crippen LogP contribution is 2.34. The Morgan fingerprint density at radius 1 is 0.667 bits per heavy atom. The summed E-state index contributed by atoms with van der Waals surface area (Å²) in [7, 11) is -3.60. The van der Waals surface area contributed by atoms with Gasteiger partial charge in [-0.1, -0.05) is 78.9 Å². The van der Waals surface area contributed by atoms with E-state index in [9.17, 15) is 8.42 Å². The maximum atomic E-state index is 13.8. The number of benzene rings is 4. The van der Waals surface area contributed by atoms with Crippen LogP contribution in [-0.2, 0) is 16.6 Å². The topological polar surface area (TPSA) is 40.6 Å². The Kier molecular flexibility index (Phi) is 5.03. The Balaban J connectivity index is 1.48. The van der Waals surface area contributed by atoms with Crippen molar-refractivity contribution in [2.24, 2.45) is 0 Å². The highest BCUT2D eigenvalue weighted by atomic mass is 32.2. The molecule has 0 bridgehead atoms. The lowest BCUT2D eigenvalue weighted by Gasteiger charge is -2.34. The van der Waals surface area contributed by atoms with E-state index in [1.807, 2.05) is 66.7 Å². The van der Waals surface area contributed by atoms with Gasteiger partial charge in [-0.3, -0.25) is 4.90 Å². The maximum Gasteiger partial charge on any atom is 0.244 e. The number of hydrogen-bond acceptors (Lipinski definition) is 3. The molecule has 30 heavy (non-hydrogen) atoms. The van der Waals surface area contributed by atoms with Crippen LogP contribution in [0, 0.1) is 0 Å². The van der Waals surface area contributed by atoms with Crippen molar-refractivity contribution < 1.29 is 8.42 Å². The maximum absolute atomic E-state index is 13.8. The predicted octanol–water partition coefficient (Wildman–Crippen LogP) is 4.50. The SMILES string of the molecule is O=S(=O)(c1c2ccccc2cc2ccccc12)N1CCN(Cc2ccccc2)CC1. The van der Waals surface area contributed by atoms with Crippen LogP contribution < -0.4 is 0 Å². The molecule has 0 aromatic heterocycles. The van der Waals surface area contributed by atoms with Gasteiger partial charge in [0.1, 0.15) is 0 Å². The number of rotatable bonds is 4. The van der Waals surface area contributed by atoms with Gasteiger partial charge in [0.15, 0.2) is 0 Å². The largest absolute Gasteiger partial charge is 0.296 e. The highest BCUT2D eigenvalue weighted by Gasteiger charge is 2.31. The minimum atomic E-state index is -3.60. The molecule has 4 aromatic rings. The quantitative estimate of drug-likeness (QED) is 0.460. The Bertz CT molecular complexity index is 1240. The summed E-state index contributed by atoms with van der Waals surface area (Å²) >= 11 is 0. The van der Waals surface area contributed by atoms with Crippen LogP contribution in [0.2, 0.25) is 0 Å². The molecule has 4 aromatic carbocycles. The Hall–Kier alpha value is -2.73. The van der Waals surface area contributed by atoms with Crippen LogP contribution >= 0.6 is 0 Å². The normalized spacial score (nSPS) is 16.3. The fourth-order valence-electron chi connectivity index (χ4n) is 4.35. The van der Waals surface area contributed by atoms with Gasteiger partial charge < -0.3 is 0 Å². The Labute approximate surface area is 177 Å². The first-order valence-corrected chi connectivity index (χ1v) is 11.7. The average Bonchev–Trinajstić information content (AvgIpc) is 2.78. The van der Waals surface area contributed by atoms with Gasteiger partial charge in [0, 0.05) is 43.5 Å². The first-order chi connectivity index (χ1) is 14.6. The van der Waals surface area contributed by atoms with Crippen LogP contribution in [0.15, 0.2) is 89.8 Å². The molecule has 1 fully saturated rings. The minimum absolute atomic E-state index is 0.438. The molecular weight excluding hydrogens is 392 g/mol. The zero-order chi connectivity index (χ0) is 20.6. The van der Waals surface area contributed by atoms with Crippen LogP contribution in [0.1, 0.15) is 5.56 Å². The molecule has 5 heteroatoms. The van der Waals surface area contributed by atoms with E-state index in [0.717, 1.165) is 41.2 Å². The summed E-state index contributed by atoms with van der Waals surface area (Å²) in [6.45, 7) is 3.33. The van der Waals surface area contributed by atoms with E-state index < -0.39 is 10.0 Å². The molecule has 1 saturated heterocycles. The third-order valence-electron chi connectivity index (χ3n) is 5.90. The summed E-state index contributed by atoms with van der Waals surface area (Å²) in [5.74, 6) is 0. The lowest BCUT2D eigenvalue weighted by Crippen LogP contribution is -2.48. The molecule has 4 nitrogen and oxygen atoms in total. The number of sulfonamides is 1. The molecule has 1 heterocycles. The number of fused-ring (bicyclic) bond motifs is 2. The van der Waals surface area contributed by atoms with Gasteiger partial charge in [-0.15, -0.1) is 0 Å². The summed E-state index contributed by atoms with van der Waals surface area (Å²) in [6, 6.07) is 27.9. The summed E-state index contributed by atoms with van der Waals surface area (Å²) in [5.41, 5.74) is 1.26. The van der Waals surface area contributed by atoms with Gasteiger partial charge in [0.05, 0.1) is 4.90 Å². The van der Waals surface area contributed by atoms with Gasteiger partial charge in [-0.25, -0.2) is 8.42 Å². The molecule has 0 saturated carbocycles. The Morgan fingerprint density at radius 2 is 1.20 bits per heavy atom. The summed E-state index contributed by atoms with van der Waals surface area (Å²) in [5, 5.41) is 3.50. The minimum Gasteiger partial charge on any atom is -0.296 e. The van der Waals surface area contributed by atoms with Crippen LogP contribution in [0.4, 0.5) is 0 Å². The fourth-order valence-corrected chi connectivity index (χ4v) is 6.18. The molecule has 0 aliphatic carbocycles. The second kappa shape index (κ2) is 7.84. The van der Waals surface area contributed by atoms with Crippen molar-refractivity contribution in [3.63, 3.8) is 0 Å². The molecule has 0 amide bonds. The van der Waals surface area contributed by atoms with Crippen molar-refractivity contribution in [3.05, 3.63) is 90.5 Å². The molecular formula is C25H24N2O2S. The van der Waals surface area contributed by atoms with E-state index in [0.29, 0.717) is 18.0 Å². The summed E-state index contributed by atoms with van der Waals surface area (Å²) < 4.78 is 29.2. The third kappa shape index (κ3) is 3.49. The van der Waals surface area contributed by atoms with Crippen LogP contribution in [0.25, 0.3) is 21.5 Å². The first kappa shape index (κ1) is 19.2. The van der Waals surface area contributed by atoms with Crippen molar-refractivity contribution in [2.75, 3.05) is 26.2 Å². The van der Waals surface area contributed by atoms with Crippen LogP contribution in [0.5, 0.6) is 0 Å². The van der Waals surface area contributed by atoms with E-state index >= 15 is 0 Å². The van der Waals surface area contributed by atoms with Crippen LogP contribution in [0.3, 0.4) is 0 Å². The van der Waals surface area contributed by atoms with Gasteiger partial charge in [0.25, 0.3) is 0 Å². The van der Waals surface area contributed by atoms with Crippen molar-refractivity contribution in [2.45, 2.75) is 11.4 Å². The smallest absolute Gasteiger partial charge is 0.244 e. The fraction of sp³-hybridized carbons (Fsp3) is 0.200. The van der Waals surface area contributed by atoms with Crippen molar-refractivity contribution >= 4 is 31.6 Å². The van der Waals surface area contributed by atoms with Gasteiger partial charge in [0.2, 0.25) is 10.0 Å². The molecule has 0 unspecified atom stereocenters. The second-order valence-corrected chi connectivity index (χ2v) is 9.69. The third-order valence-corrected chi connectivity index (χ3v) is 7.90. The summed E-state index contributed by atoms with van der Waals surface area (Å²) in [6.07, 6.45) is 0. The number of nitrogens with zero attached hydrogens (tertiary/aromatic N) is 2. The number of hydrogen-bond donors (Lipinski definition) is 0. The van der Waals surface area contributed by atoms with Gasteiger partial charge in [-0.05, 0) is 22.4 Å². The van der Waals surface area contributed by atoms with E-state index in [-0.39, 0.29) is 0 Å². The van der Waals surface area contributed by atoms with Crippen molar-refractivity contribution in [3.8, 4) is 0 Å². The van der Waals surface area contributed by atoms with Gasteiger partial charge >= 0.3 is 0 Å². The zero-order valence-corrected chi connectivity index (χ0v) is 17.6. The number of piperazine rings is 1. The molecule has 0 radical (unpaired) electrons. The second-order valence-electron chi connectivity index (χ2n) is 7.81. The Morgan fingerprint density at radius 3 is 1.80 bits per heavy atom. The van der Waals surface area contributed by atoms with Crippen LogP contribution in [-0.4, -0.2) is 43.8 Å². The predicted molar refractivity (Wildman–Crippen MR) is 122 cm³/mol. The highest BCUT2D eigenvalue weighted by molar-refractivity contribution is 7.89. The summed E-state index contributed by atoms with van der Waals surface area (Å²) in [4.78, 5) is 2.76.